The zero-order chi connectivity index (χ0) is 17.1. The summed E-state index contributed by atoms with van der Waals surface area (Å²) in [6.45, 7) is 7.08. The highest BCUT2D eigenvalue weighted by molar-refractivity contribution is 5.82. The van der Waals surface area contributed by atoms with E-state index in [1.54, 1.807) is 0 Å². The molecular formula is C18H24N4O2. The van der Waals surface area contributed by atoms with E-state index in [0.29, 0.717) is 31.1 Å². The summed E-state index contributed by atoms with van der Waals surface area (Å²) in [5.74, 6) is 0.747. The molecule has 2 saturated heterocycles. The quantitative estimate of drug-likeness (QED) is 0.828. The van der Waals surface area contributed by atoms with E-state index in [2.05, 4.69) is 11.1 Å². The zero-order valence-corrected chi connectivity index (χ0v) is 14.4. The minimum absolute atomic E-state index is 0.0716. The second-order valence-electron chi connectivity index (χ2n) is 6.58. The fourth-order valence-electron chi connectivity index (χ4n) is 3.49. The van der Waals surface area contributed by atoms with Gasteiger partial charge in [-0.3, -0.25) is 4.79 Å². The Kier molecular flexibility index (Phi) is 5.00. The summed E-state index contributed by atoms with van der Waals surface area (Å²) in [4.78, 5) is 21.2. The number of anilines is 1. The number of carbonyl (C=O) groups is 1. The second kappa shape index (κ2) is 7.18. The van der Waals surface area contributed by atoms with Crippen molar-refractivity contribution >= 4 is 11.7 Å². The SMILES string of the molecule is Cc1cc(C)c(C#N)c(N2CCOC(C(=O)N3CCCCC3)C2)n1. The van der Waals surface area contributed by atoms with E-state index >= 15 is 0 Å². The third-order valence-electron chi connectivity index (χ3n) is 4.75. The van der Waals surface area contributed by atoms with Crippen LogP contribution in [0.1, 0.15) is 36.1 Å². The Balaban J connectivity index is 1.79. The largest absolute Gasteiger partial charge is 0.365 e. The number of hydrogen-bond donors (Lipinski definition) is 0. The molecule has 6 nitrogen and oxygen atoms in total. The molecule has 0 radical (unpaired) electrons. The van der Waals surface area contributed by atoms with Crippen molar-refractivity contribution in [1.29, 1.82) is 5.26 Å². The molecule has 0 saturated carbocycles. The highest BCUT2D eigenvalue weighted by atomic mass is 16.5. The molecular weight excluding hydrogens is 304 g/mol. The molecule has 6 heteroatoms. The summed E-state index contributed by atoms with van der Waals surface area (Å²) in [5.41, 5.74) is 2.39. The fourth-order valence-corrected chi connectivity index (χ4v) is 3.49. The van der Waals surface area contributed by atoms with E-state index in [0.717, 1.165) is 37.2 Å². The van der Waals surface area contributed by atoms with Crippen LogP contribution in [-0.2, 0) is 9.53 Å². The first-order valence-electron chi connectivity index (χ1n) is 8.64. The number of rotatable bonds is 2. The highest BCUT2D eigenvalue weighted by Crippen LogP contribution is 2.24. The van der Waals surface area contributed by atoms with Gasteiger partial charge in [0, 0.05) is 25.3 Å². The molecule has 0 bridgehead atoms. The van der Waals surface area contributed by atoms with Crippen molar-refractivity contribution in [3.05, 3.63) is 22.9 Å². The van der Waals surface area contributed by atoms with Crippen LogP contribution in [-0.4, -0.2) is 54.7 Å². The lowest BCUT2D eigenvalue weighted by Crippen LogP contribution is -2.52. The molecule has 0 spiro atoms. The molecule has 2 aliphatic heterocycles. The molecule has 2 aliphatic rings. The molecule has 24 heavy (non-hydrogen) atoms. The minimum Gasteiger partial charge on any atom is -0.365 e. The van der Waals surface area contributed by atoms with Crippen molar-refractivity contribution in [2.75, 3.05) is 37.7 Å². The Morgan fingerprint density at radius 2 is 2.04 bits per heavy atom. The number of morpholine rings is 1. The third-order valence-corrected chi connectivity index (χ3v) is 4.75. The van der Waals surface area contributed by atoms with Gasteiger partial charge < -0.3 is 14.5 Å². The summed E-state index contributed by atoms with van der Waals surface area (Å²) in [6.07, 6.45) is 2.86. The predicted octanol–water partition coefficient (Wildman–Crippen LogP) is 1.79. The summed E-state index contributed by atoms with van der Waals surface area (Å²) in [6, 6.07) is 4.17. The lowest BCUT2D eigenvalue weighted by atomic mass is 10.1. The van der Waals surface area contributed by atoms with Gasteiger partial charge >= 0.3 is 0 Å². The van der Waals surface area contributed by atoms with Crippen LogP contribution in [0.4, 0.5) is 5.82 Å². The molecule has 128 valence electrons. The normalized spacial score (nSPS) is 21.5. The number of aromatic nitrogens is 1. The summed E-state index contributed by atoms with van der Waals surface area (Å²) in [7, 11) is 0. The molecule has 2 fully saturated rings. The maximum Gasteiger partial charge on any atom is 0.253 e. The van der Waals surface area contributed by atoms with Crippen LogP contribution in [0.2, 0.25) is 0 Å². The van der Waals surface area contributed by atoms with E-state index in [1.807, 2.05) is 29.7 Å². The molecule has 1 amide bonds. The van der Waals surface area contributed by atoms with Gasteiger partial charge in [-0.2, -0.15) is 5.26 Å². The van der Waals surface area contributed by atoms with Gasteiger partial charge in [0.25, 0.3) is 5.91 Å². The van der Waals surface area contributed by atoms with Gasteiger partial charge in [-0.05, 0) is 44.7 Å². The molecule has 0 aliphatic carbocycles. The number of piperidine rings is 1. The molecule has 1 atom stereocenters. The average molecular weight is 328 g/mol. The van der Waals surface area contributed by atoms with Crippen LogP contribution in [0.5, 0.6) is 0 Å². The molecule has 0 N–H and O–H groups in total. The lowest BCUT2D eigenvalue weighted by molar-refractivity contribution is -0.145. The number of carbonyl (C=O) groups excluding carboxylic acids is 1. The van der Waals surface area contributed by atoms with Crippen molar-refractivity contribution in [3.63, 3.8) is 0 Å². The smallest absolute Gasteiger partial charge is 0.253 e. The zero-order valence-electron chi connectivity index (χ0n) is 14.4. The van der Waals surface area contributed by atoms with Crippen molar-refractivity contribution < 1.29 is 9.53 Å². The highest BCUT2D eigenvalue weighted by Gasteiger charge is 2.32. The van der Waals surface area contributed by atoms with Crippen molar-refractivity contribution in [3.8, 4) is 6.07 Å². The van der Waals surface area contributed by atoms with Gasteiger partial charge in [-0.25, -0.2) is 4.98 Å². The van der Waals surface area contributed by atoms with Crippen LogP contribution in [0.15, 0.2) is 6.07 Å². The molecule has 0 aromatic carbocycles. The van der Waals surface area contributed by atoms with Gasteiger partial charge in [-0.1, -0.05) is 0 Å². The first-order chi connectivity index (χ1) is 11.6. The van der Waals surface area contributed by atoms with Gasteiger partial charge in [0.1, 0.15) is 11.9 Å². The Hall–Kier alpha value is -2.13. The topological polar surface area (TPSA) is 69.5 Å². The number of ether oxygens (including phenoxy) is 1. The fraction of sp³-hybridized carbons (Fsp3) is 0.611. The average Bonchev–Trinajstić information content (AvgIpc) is 2.61. The van der Waals surface area contributed by atoms with Crippen LogP contribution in [0, 0.1) is 25.2 Å². The number of nitriles is 1. The summed E-state index contributed by atoms with van der Waals surface area (Å²) >= 11 is 0. The molecule has 3 heterocycles. The Morgan fingerprint density at radius 3 is 2.75 bits per heavy atom. The predicted molar refractivity (Wildman–Crippen MR) is 90.8 cm³/mol. The third kappa shape index (κ3) is 3.36. The monoisotopic (exact) mass is 328 g/mol. The van der Waals surface area contributed by atoms with Crippen LogP contribution in [0.25, 0.3) is 0 Å². The number of amides is 1. The number of likely N-dealkylation sites (tertiary alicyclic amines) is 1. The van der Waals surface area contributed by atoms with E-state index < -0.39 is 6.10 Å². The molecule has 1 aromatic rings. The van der Waals surface area contributed by atoms with Crippen molar-refractivity contribution in [2.24, 2.45) is 0 Å². The van der Waals surface area contributed by atoms with E-state index in [9.17, 15) is 10.1 Å². The van der Waals surface area contributed by atoms with Crippen LogP contribution in [0.3, 0.4) is 0 Å². The number of nitrogens with zero attached hydrogens (tertiary/aromatic N) is 4. The number of pyridine rings is 1. The summed E-state index contributed by atoms with van der Waals surface area (Å²) in [5, 5.41) is 9.48. The molecule has 3 rings (SSSR count). The Bertz CT molecular complexity index is 662. The minimum atomic E-state index is -0.467. The van der Waals surface area contributed by atoms with Gasteiger partial charge in [-0.15, -0.1) is 0 Å². The van der Waals surface area contributed by atoms with Gasteiger partial charge in [0.15, 0.2) is 6.10 Å². The maximum atomic E-state index is 12.7. The second-order valence-corrected chi connectivity index (χ2v) is 6.58. The Labute approximate surface area is 143 Å². The van der Waals surface area contributed by atoms with Gasteiger partial charge in [0.2, 0.25) is 0 Å². The van der Waals surface area contributed by atoms with E-state index in [4.69, 9.17) is 4.74 Å². The van der Waals surface area contributed by atoms with Crippen molar-refractivity contribution in [2.45, 2.75) is 39.2 Å². The maximum absolute atomic E-state index is 12.7. The number of aryl methyl sites for hydroxylation is 2. The van der Waals surface area contributed by atoms with E-state index in [-0.39, 0.29) is 5.91 Å². The summed E-state index contributed by atoms with van der Waals surface area (Å²) < 4.78 is 5.74. The van der Waals surface area contributed by atoms with Gasteiger partial charge in [0.05, 0.1) is 18.7 Å². The lowest BCUT2D eigenvalue weighted by Gasteiger charge is -2.37. The molecule has 1 unspecified atom stereocenters. The van der Waals surface area contributed by atoms with Crippen LogP contribution < -0.4 is 4.90 Å². The first kappa shape index (κ1) is 16.7. The molecule has 1 aromatic heterocycles. The van der Waals surface area contributed by atoms with Crippen LogP contribution >= 0.6 is 0 Å². The van der Waals surface area contributed by atoms with E-state index in [1.165, 1.54) is 6.42 Å². The standard InChI is InChI=1S/C18H24N4O2/c1-13-10-14(2)20-17(15(13)11-19)22-8-9-24-16(12-22)18(23)21-6-4-3-5-7-21/h10,16H,3-9,12H2,1-2H3. The Morgan fingerprint density at radius 1 is 1.29 bits per heavy atom. The first-order valence-corrected chi connectivity index (χ1v) is 8.64. The van der Waals surface area contributed by atoms with Crippen molar-refractivity contribution in [1.82, 2.24) is 9.88 Å². The number of hydrogen-bond acceptors (Lipinski definition) is 5.